The van der Waals surface area contributed by atoms with E-state index in [1.54, 1.807) is 18.2 Å². The minimum absolute atomic E-state index is 0.0767. The summed E-state index contributed by atoms with van der Waals surface area (Å²) in [6, 6.07) is 5.24. The molecule has 1 aromatic carbocycles. The molecule has 0 heterocycles. The van der Waals surface area contributed by atoms with E-state index in [1.165, 1.54) is 0 Å². The van der Waals surface area contributed by atoms with Gasteiger partial charge in [-0.3, -0.25) is 9.59 Å². The third-order valence-corrected chi connectivity index (χ3v) is 5.78. The van der Waals surface area contributed by atoms with Gasteiger partial charge in [-0.25, -0.2) is 0 Å². The first kappa shape index (κ1) is 11.7. The molecular formula is C16H15ClO2. The molecule has 2 nitrogen and oxygen atoms in total. The lowest BCUT2D eigenvalue weighted by atomic mass is 9.65. The second-order valence-electron chi connectivity index (χ2n) is 6.32. The van der Waals surface area contributed by atoms with Crippen LogP contribution in [0.4, 0.5) is 0 Å². The predicted octanol–water partition coefficient (Wildman–Crippen LogP) is 3.63. The van der Waals surface area contributed by atoms with Crippen LogP contribution < -0.4 is 0 Å². The highest BCUT2D eigenvalue weighted by Crippen LogP contribution is 2.58. The zero-order valence-electron chi connectivity index (χ0n) is 10.7. The Labute approximate surface area is 117 Å². The van der Waals surface area contributed by atoms with Crippen molar-refractivity contribution in [2.45, 2.75) is 19.8 Å². The van der Waals surface area contributed by atoms with Crippen molar-refractivity contribution in [2.75, 3.05) is 0 Å². The highest BCUT2D eigenvalue weighted by molar-refractivity contribution is 6.36. The fourth-order valence-electron chi connectivity index (χ4n) is 4.74. The first-order valence-electron chi connectivity index (χ1n) is 6.96. The number of halogens is 1. The van der Waals surface area contributed by atoms with Gasteiger partial charge in [0, 0.05) is 23.0 Å². The van der Waals surface area contributed by atoms with Gasteiger partial charge in [-0.2, -0.15) is 0 Å². The van der Waals surface area contributed by atoms with Crippen molar-refractivity contribution >= 4 is 23.2 Å². The second-order valence-corrected chi connectivity index (χ2v) is 6.72. The van der Waals surface area contributed by atoms with E-state index >= 15 is 0 Å². The molecule has 2 saturated carbocycles. The Balaban J connectivity index is 1.91. The number of carbonyl (C=O) groups excluding carboxylic acids is 2. The highest BCUT2D eigenvalue weighted by Gasteiger charge is 2.59. The van der Waals surface area contributed by atoms with Crippen LogP contribution in [0.5, 0.6) is 0 Å². The van der Waals surface area contributed by atoms with Crippen molar-refractivity contribution in [3.05, 3.63) is 34.3 Å². The van der Waals surface area contributed by atoms with Crippen molar-refractivity contribution in [1.82, 2.24) is 0 Å². The normalized spacial score (nSPS) is 39.4. The fraction of sp³-hybridized carbons (Fsp3) is 0.500. The minimum Gasteiger partial charge on any atom is -0.294 e. The quantitative estimate of drug-likeness (QED) is 0.724. The smallest absolute Gasteiger partial charge is 0.169 e. The molecule has 2 fully saturated rings. The van der Waals surface area contributed by atoms with E-state index in [9.17, 15) is 9.59 Å². The molecule has 0 N–H and O–H groups in total. The summed E-state index contributed by atoms with van der Waals surface area (Å²) in [5.41, 5.74) is 1.04. The third-order valence-electron chi connectivity index (χ3n) is 5.47. The number of hydrogen-bond donors (Lipinski definition) is 0. The van der Waals surface area contributed by atoms with E-state index in [4.69, 9.17) is 11.6 Å². The van der Waals surface area contributed by atoms with Crippen LogP contribution in [0, 0.1) is 29.6 Å². The summed E-state index contributed by atoms with van der Waals surface area (Å²) in [5.74, 6) is 1.47. The molecule has 19 heavy (non-hydrogen) atoms. The van der Waals surface area contributed by atoms with Gasteiger partial charge in [-0.1, -0.05) is 30.7 Å². The Hall–Kier alpha value is -1.15. The van der Waals surface area contributed by atoms with Crippen molar-refractivity contribution in [3.63, 3.8) is 0 Å². The fourth-order valence-corrected chi connectivity index (χ4v) is 5.01. The van der Waals surface area contributed by atoms with Gasteiger partial charge < -0.3 is 0 Å². The molecule has 3 aliphatic rings. The summed E-state index contributed by atoms with van der Waals surface area (Å²) in [5, 5.41) is 0.435. The number of ketones is 2. The summed E-state index contributed by atoms with van der Waals surface area (Å²) in [6.07, 6.45) is 2.13. The SMILES string of the molecule is CC1CC2CC1C1C(=O)c3cccc(Cl)c3C(=O)C21. The Kier molecular flexibility index (Phi) is 2.27. The monoisotopic (exact) mass is 274 g/mol. The zero-order chi connectivity index (χ0) is 13.3. The molecule has 4 rings (SSSR count). The van der Waals surface area contributed by atoms with Crippen LogP contribution in [-0.4, -0.2) is 11.6 Å². The van der Waals surface area contributed by atoms with Gasteiger partial charge in [0.2, 0.25) is 0 Å². The third kappa shape index (κ3) is 1.33. The lowest BCUT2D eigenvalue weighted by Gasteiger charge is -2.36. The van der Waals surface area contributed by atoms with E-state index in [1.807, 2.05) is 0 Å². The van der Waals surface area contributed by atoms with Gasteiger partial charge >= 0.3 is 0 Å². The topological polar surface area (TPSA) is 34.1 Å². The molecule has 0 radical (unpaired) electrons. The predicted molar refractivity (Wildman–Crippen MR) is 72.5 cm³/mol. The van der Waals surface area contributed by atoms with Gasteiger partial charge in [0.05, 0.1) is 5.02 Å². The van der Waals surface area contributed by atoms with Crippen LogP contribution in [0.15, 0.2) is 18.2 Å². The average molecular weight is 275 g/mol. The van der Waals surface area contributed by atoms with E-state index in [-0.39, 0.29) is 23.4 Å². The Morgan fingerprint density at radius 1 is 1.11 bits per heavy atom. The maximum Gasteiger partial charge on any atom is 0.169 e. The number of hydrogen-bond acceptors (Lipinski definition) is 2. The minimum atomic E-state index is -0.0962. The molecule has 3 aliphatic carbocycles. The number of Topliss-reactive ketones (excluding diaryl/α,β-unsaturated/α-hetero) is 2. The highest BCUT2D eigenvalue weighted by atomic mass is 35.5. The van der Waals surface area contributed by atoms with Crippen LogP contribution in [0.3, 0.4) is 0 Å². The maximum atomic E-state index is 12.7. The first-order chi connectivity index (χ1) is 9.09. The average Bonchev–Trinajstić information content (AvgIpc) is 2.92. The summed E-state index contributed by atoms with van der Waals surface area (Å²) >= 11 is 6.15. The molecule has 0 spiro atoms. The van der Waals surface area contributed by atoms with E-state index in [2.05, 4.69) is 6.92 Å². The molecule has 0 amide bonds. The van der Waals surface area contributed by atoms with Gasteiger partial charge in [-0.05, 0) is 36.7 Å². The Morgan fingerprint density at radius 3 is 2.68 bits per heavy atom. The van der Waals surface area contributed by atoms with E-state index in [0.717, 1.165) is 12.8 Å². The molecule has 5 atom stereocenters. The van der Waals surface area contributed by atoms with Crippen LogP contribution in [0.1, 0.15) is 40.5 Å². The second kappa shape index (κ2) is 3.69. The standard InChI is InChI=1S/C16H15ClO2/c1-7-5-8-6-10(7)14-12(8)16(19)13-9(15(14)18)3-2-4-11(13)17/h2-4,7-8,10,12,14H,5-6H2,1H3. The lowest BCUT2D eigenvalue weighted by molar-refractivity contribution is 0.0616. The van der Waals surface area contributed by atoms with Crippen molar-refractivity contribution in [1.29, 1.82) is 0 Å². The summed E-state index contributed by atoms with van der Waals surface area (Å²) < 4.78 is 0. The van der Waals surface area contributed by atoms with Crippen molar-refractivity contribution < 1.29 is 9.59 Å². The molecule has 2 bridgehead atoms. The summed E-state index contributed by atoms with van der Waals surface area (Å²) in [4.78, 5) is 25.4. The molecule has 1 aromatic rings. The van der Waals surface area contributed by atoms with Crippen LogP contribution >= 0.6 is 11.6 Å². The summed E-state index contributed by atoms with van der Waals surface area (Å²) in [6.45, 7) is 2.21. The van der Waals surface area contributed by atoms with Gasteiger partial charge in [0.1, 0.15) is 0 Å². The Morgan fingerprint density at radius 2 is 1.89 bits per heavy atom. The molecule has 5 unspecified atom stereocenters. The largest absolute Gasteiger partial charge is 0.294 e. The molecular weight excluding hydrogens is 260 g/mol. The molecule has 0 aliphatic heterocycles. The molecule has 0 saturated heterocycles. The van der Waals surface area contributed by atoms with Gasteiger partial charge in [-0.15, -0.1) is 0 Å². The van der Waals surface area contributed by atoms with E-state index < -0.39 is 0 Å². The van der Waals surface area contributed by atoms with Crippen LogP contribution in [-0.2, 0) is 0 Å². The van der Waals surface area contributed by atoms with E-state index in [0.29, 0.717) is 33.9 Å². The molecule has 98 valence electrons. The van der Waals surface area contributed by atoms with Crippen molar-refractivity contribution in [3.8, 4) is 0 Å². The molecule has 3 heteroatoms. The number of rotatable bonds is 0. The zero-order valence-corrected chi connectivity index (χ0v) is 11.5. The van der Waals surface area contributed by atoms with Gasteiger partial charge in [0.25, 0.3) is 0 Å². The number of fused-ring (bicyclic) bond motifs is 6. The van der Waals surface area contributed by atoms with Crippen LogP contribution in [0.25, 0.3) is 0 Å². The number of carbonyl (C=O) groups is 2. The number of benzene rings is 1. The van der Waals surface area contributed by atoms with Gasteiger partial charge in [0.15, 0.2) is 11.6 Å². The van der Waals surface area contributed by atoms with Crippen LogP contribution in [0.2, 0.25) is 5.02 Å². The first-order valence-corrected chi connectivity index (χ1v) is 7.34. The maximum absolute atomic E-state index is 12.7. The Bertz CT molecular complexity index is 607. The summed E-state index contributed by atoms with van der Waals surface area (Å²) in [7, 11) is 0. The lowest BCUT2D eigenvalue weighted by Crippen LogP contribution is -2.42. The molecule has 0 aromatic heterocycles. The van der Waals surface area contributed by atoms with Crippen molar-refractivity contribution in [2.24, 2.45) is 29.6 Å².